The molecule has 0 bridgehead atoms. The van der Waals surface area contributed by atoms with Crippen LogP contribution in [0.3, 0.4) is 0 Å². The maximum atomic E-state index is 12.2. The molecular weight excluding hydrogens is 288 g/mol. The number of aliphatic hydroxyl groups excluding tert-OH is 1. The molecule has 2 N–H and O–H groups in total. The average molecular weight is 312 g/mol. The predicted molar refractivity (Wildman–Crippen MR) is 82.4 cm³/mol. The SMILES string of the molecule is CC(CNS(=O)(=O)c1ccc(CO)cc1)N1CCCCC1. The molecule has 118 valence electrons. The van der Waals surface area contributed by atoms with Crippen molar-refractivity contribution < 1.29 is 13.5 Å². The summed E-state index contributed by atoms with van der Waals surface area (Å²) in [7, 11) is -3.48. The van der Waals surface area contributed by atoms with Crippen LogP contribution in [0.25, 0.3) is 0 Å². The zero-order valence-electron chi connectivity index (χ0n) is 12.5. The molecule has 21 heavy (non-hydrogen) atoms. The Morgan fingerprint density at radius 2 is 1.81 bits per heavy atom. The van der Waals surface area contributed by atoms with Gasteiger partial charge in [0.25, 0.3) is 0 Å². The Morgan fingerprint density at radius 1 is 1.19 bits per heavy atom. The zero-order valence-corrected chi connectivity index (χ0v) is 13.3. The third kappa shape index (κ3) is 4.51. The molecule has 0 spiro atoms. The van der Waals surface area contributed by atoms with Crippen LogP contribution in [-0.4, -0.2) is 44.1 Å². The van der Waals surface area contributed by atoms with Crippen molar-refractivity contribution in [3.8, 4) is 0 Å². The smallest absolute Gasteiger partial charge is 0.240 e. The van der Waals surface area contributed by atoms with Crippen LogP contribution in [0.15, 0.2) is 29.2 Å². The van der Waals surface area contributed by atoms with Gasteiger partial charge in [0.05, 0.1) is 11.5 Å². The second-order valence-electron chi connectivity index (χ2n) is 5.60. The van der Waals surface area contributed by atoms with Gasteiger partial charge in [-0.25, -0.2) is 13.1 Å². The molecule has 1 unspecified atom stereocenters. The van der Waals surface area contributed by atoms with Gasteiger partial charge in [-0.1, -0.05) is 18.6 Å². The van der Waals surface area contributed by atoms with Crippen molar-refractivity contribution in [1.82, 2.24) is 9.62 Å². The first-order valence-electron chi connectivity index (χ1n) is 7.46. The van der Waals surface area contributed by atoms with E-state index in [1.54, 1.807) is 12.1 Å². The third-order valence-corrected chi connectivity index (χ3v) is 5.44. The van der Waals surface area contributed by atoms with E-state index in [2.05, 4.69) is 16.5 Å². The molecule has 0 saturated carbocycles. The summed E-state index contributed by atoms with van der Waals surface area (Å²) in [6, 6.07) is 6.52. The molecule has 5 nitrogen and oxygen atoms in total. The number of likely N-dealkylation sites (tertiary alicyclic amines) is 1. The van der Waals surface area contributed by atoms with E-state index in [0.29, 0.717) is 12.1 Å². The van der Waals surface area contributed by atoms with Crippen molar-refractivity contribution in [2.45, 2.75) is 43.7 Å². The Labute approximate surface area is 127 Å². The number of nitrogens with zero attached hydrogens (tertiary/aromatic N) is 1. The highest BCUT2D eigenvalue weighted by molar-refractivity contribution is 7.89. The van der Waals surface area contributed by atoms with Crippen molar-refractivity contribution >= 4 is 10.0 Å². The molecule has 1 aromatic rings. The first-order valence-corrected chi connectivity index (χ1v) is 8.95. The second-order valence-corrected chi connectivity index (χ2v) is 7.37. The summed E-state index contributed by atoms with van der Waals surface area (Å²) in [5.74, 6) is 0. The highest BCUT2D eigenvalue weighted by atomic mass is 32.2. The normalized spacial score (nSPS) is 18.6. The number of aliphatic hydroxyl groups is 1. The lowest BCUT2D eigenvalue weighted by Crippen LogP contribution is -2.44. The Morgan fingerprint density at radius 3 is 2.38 bits per heavy atom. The minimum absolute atomic E-state index is 0.0836. The molecule has 1 aliphatic rings. The number of hydrogen-bond acceptors (Lipinski definition) is 4. The maximum absolute atomic E-state index is 12.2. The van der Waals surface area contributed by atoms with Gasteiger partial charge in [-0.05, 0) is 50.6 Å². The van der Waals surface area contributed by atoms with Crippen molar-refractivity contribution in [2.75, 3.05) is 19.6 Å². The second kappa shape index (κ2) is 7.35. The van der Waals surface area contributed by atoms with E-state index in [0.717, 1.165) is 13.1 Å². The molecule has 6 heteroatoms. The van der Waals surface area contributed by atoms with Crippen LogP contribution in [0.2, 0.25) is 0 Å². The standard InChI is InChI=1S/C15H24N2O3S/c1-13(17-9-3-2-4-10-17)11-16-21(19,20)15-7-5-14(12-18)6-8-15/h5-8,13,16,18H,2-4,9-12H2,1H3. The van der Waals surface area contributed by atoms with Crippen LogP contribution >= 0.6 is 0 Å². The van der Waals surface area contributed by atoms with E-state index in [1.807, 2.05) is 0 Å². The van der Waals surface area contributed by atoms with Gasteiger partial charge >= 0.3 is 0 Å². The van der Waals surface area contributed by atoms with Gasteiger partial charge in [0.15, 0.2) is 0 Å². The summed E-state index contributed by atoms with van der Waals surface area (Å²) in [6.45, 7) is 4.49. The summed E-state index contributed by atoms with van der Waals surface area (Å²) in [4.78, 5) is 2.58. The molecular formula is C15H24N2O3S. The van der Waals surface area contributed by atoms with Gasteiger partial charge in [-0.2, -0.15) is 0 Å². The molecule has 1 heterocycles. The average Bonchev–Trinajstić information content (AvgIpc) is 2.53. The molecule has 1 aromatic carbocycles. The van der Waals surface area contributed by atoms with Gasteiger partial charge in [0.1, 0.15) is 0 Å². The van der Waals surface area contributed by atoms with Gasteiger partial charge in [0, 0.05) is 12.6 Å². The minimum Gasteiger partial charge on any atom is -0.392 e. The summed E-state index contributed by atoms with van der Waals surface area (Å²) in [5.41, 5.74) is 0.704. The Balaban J connectivity index is 1.93. The largest absolute Gasteiger partial charge is 0.392 e. The number of hydrogen-bond donors (Lipinski definition) is 2. The van der Waals surface area contributed by atoms with E-state index in [-0.39, 0.29) is 17.5 Å². The molecule has 0 amide bonds. The fraction of sp³-hybridized carbons (Fsp3) is 0.600. The lowest BCUT2D eigenvalue weighted by molar-refractivity contribution is 0.175. The van der Waals surface area contributed by atoms with Gasteiger partial charge in [-0.15, -0.1) is 0 Å². The molecule has 0 aliphatic carbocycles. The van der Waals surface area contributed by atoms with E-state index >= 15 is 0 Å². The molecule has 0 aromatic heterocycles. The number of benzene rings is 1. The van der Waals surface area contributed by atoms with Crippen molar-refractivity contribution in [2.24, 2.45) is 0 Å². The Bertz CT molecular complexity index is 537. The first-order chi connectivity index (χ1) is 10.0. The quantitative estimate of drug-likeness (QED) is 0.831. The number of nitrogens with one attached hydrogen (secondary N) is 1. The van der Waals surface area contributed by atoms with E-state index < -0.39 is 10.0 Å². The van der Waals surface area contributed by atoms with Crippen LogP contribution in [-0.2, 0) is 16.6 Å². The topological polar surface area (TPSA) is 69.6 Å². The summed E-state index contributed by atoms with van der Waals surface area (Å²) in [6.07, 6.45) is 3.66. The highest BCUT2D eigenvalue weighted by Crippen LogP contribution is 2.13. The van der Waals surface area contributed by atoms with E-state index in [9.17, 15) is 8.42 Å². The monoisotopic (exact) mass is 312 g/mol. The van der Waals surface area contributed by atoms with Crippen LogP contribution in [0.4, 0.5) is 0 Å². The van der Waals surface area contributed by atoms with Gasteiger partial charge in [0.2, 0.25) is 10.0 Å². The lowest BCUT2D eigenvalue weighted by atomic mass is 10.1. The fourth-order valence-corrected chi connectivity index (χ4v) is 3.70. The Kier molecular flexibility index (Phi) is 5.75. The van der Waals surface area contributed by atoms with Gasteiger partial charge in [-0.3, -0.25) is 4.90 Å². The zero-order chi connectivity index (χ0) is 15.3. The van der Waals surface area contributed by atoms with Gasteiger partial charge < -0.3 is 5.11 Å². The lowest BCUT2D eigenvalue weighted by Gasteiger charge is -2.32. The van der Waals surface area contributed by atoms with E-state index in [4.69, 9.17) is 5.11 Å². The Hall–Kier alpha value is -0.950. The summed E-state index contributed by atoms with van der Waals surface area (Å²) >= 11 is 0. The van der Waals surface area contributed by atoms with Crippen molar-refractivity contribution in [3.63, 3.8) is 0 Å². The molecule has 2 rings (SSSR count). The number of piperidine rings is 1. The first kappa shape index (κ1) is 16.4. The third-order valence-electron chi connectivity index (χ3n) is 4.00. The van der Waals surface area contributed by atoms with Crippen LogP contribution in [0, 0.1) is 0 Å². The summed E-state index contributed by atoms with van der Waals surface area (Å²) < 4.78 is 27.1. The van der Waals surface area contributed by atoms with Crippen molar-refractivity contribution in [3.05, 3.63) is 29.8 Å². The number of rotatable bonds is 6. The molecule has 1 atom stereocenters. The van der Waals surface area contributed by atoms with Crippen LogP contribution in [0.1, 0.15) is 31.7 Å². The van der Waals surface area contributed by atoms with Crippen LogP contribution < -0.4 is 4.72 Å². The molecule has 1 fully saturated rings. The highest BCUT2D eigenvalue weighted by Gasteiger charge is 2.20. The number of sulfonamides is 1. The molecule has 1 saturated heterocycles. The van der Waals surface area contributed by atoms with E-state index in [1.165, 1.54) is 31.4 Å². The maximum Gasteiger partial charge on any atom is 0.240 e. The predicted octanol–water partition coefficient (Wildman–Crippen LogP) is 1.33. The summed E-state index contributed by atoms with van der Waals surface area (Å²) in [5, 5.41) is 8.98. The van der Waals surface area contributed by atoms with Crippen molar-refractivity contribution in [1.29, 1.82) is 0 Å². The van der Waals surface area contributed by atoms with Crippen LogP contribution in [0.5, 0.6) is 0 Å². The molecule has 0 radical (unpaired) electrons. The fourth-order valence-electron chi connectivity index (χ4n) is 2.58. The minimum atomic E-state index is -3.48. The molecule has 1 aliphatic heterocycles.